The molecule has 0 saturated carbocycles. The first-order valence-electron chi connectivity index (χ1n) is 5.93. The summed E-state index contributed by atoms with van der Waals surface area (Å²) >= 11 is 1.71. The molecule has 2 aromatic rings. The number of hydrogen-bond acceptors (Lipinski definition) is 4. The van der Waals surface area contributed by atoms with Crippen molar-refractivity contribution >= 4 is 23.0 Å². The molecule has 2 heterocycles. The summed E-state index contributed by atoms with van der Waals surface area (Å²) in [5.41, 5.74) is 9.67. The van der Waals surface area contributed by atoms with Crippen LogP contribution in [0.1, 0.15) is 17.2 Å². The summed E-state index contributed by atoms with van der Waals surface area (Å²) in [5, 5.41) is 4.26. The lowest BCUT2D eigenvalue weighted by Crippen LogP contribution is -2.35. The van der Waals surface area contributed by atoms with Gasteiger partial charge in [-0.3, -0.25) is 4.99 Å². The zero-order chi connectivity index (χ0) is 12.5. The van der Waals surface area contributed by atoms with Crippen LogP contribution < -0.4 is 10.6 Å². The van der Waals surface area contributed by atoms with Gasteiger partial charge in [0.05, 0.1) is 12.6 Å². The first-order chi connectivity index (χ1) is 8.75. The molecule has 18 heavy (non-hydrogen) atoms. The van der Waals surface area contributed by atoms with Crippen LogP contribution in [0.15, 0.2) is 46.1 Å². The number of benzene rings is 1. The first-order valence-corrected chi connectivity index (χ1v) is 6.88. The summed E-state index contributed by atoms with van der Waals surface area (Å²) in [4.78, 5) is 6.51. The topological polar surface area (TPSA) is 41.6 Å². The van der Waals surface area contributed by atoms with E-state index in [1.165, 1.54) is 11.1 Å². The first kappa shape index (κ1) is 11.3. The van der Waals surface area contributed by atoms with E-state index < -0.39 is 0 Å². The lowest BCUT2D eigenvalue weighted by molar-refractivity contribution is 0.772. The van der Waals surface area contributed by atoms with Crippen molar-refractivity contribution in [3.63, 3.8) is 0 Å². The number of rotatable bonds is 2. The van der Waals surface area contributed by atoms with Gasteiger partial charge in [0.2, 0.25) is 0 Å². The molecule has 1 aromatic heterocycles. The minimum absolute atomic E-state index is 0.234. The molecule has 92 valence electrons. The lowest BCUT2D eigenvalue weighted by Gasteiger charge is -2.26. The summed E-state index contributed by atoms with van der Waals surface area (Å²) in [6.07, 6.45) is 0. The van der Waals surface area contributed by atoms with Gasteiger partial charge < -0.3 is 10.6 Å². The molecule has 1 atom stereocenters. The van der Waals surface area contributed by atoms with Gasteiger partial charge in [0, 0.05) is 5.69 Å². The zero-order valence-electron chi connectivity index (χ0n) is 10.2. The van der Waals surface area contributed by atoms with Crippen LogP contribution >= 0.6 is 11.3 Å². The number of aliphatic imine (C=N–C) groups is 1. The number of nitrogens with zero attached hydrogens (tertiary/aromatic N) is 2. The van der Waals surface area contributed by atoms with Gasteiger partial charge in [-0.05, 0) is 47.0 Å². The predicted octanol–water partition coefficient (Wildman–Crippen LogP) is 2.93. The molecule has 0 fully saturated rings. The van der Waals surface area contributed by atoms with Crippen LogP contribution in [-0.2, 0) is 0 Å². The average molecular weight is 257 g/mol. The van der Waals surface area contributed by atoms with E-state index in [1.54, 1.807) is 11.3 Å². The van der Waals surface area contributed by atoms with Crippen molar-refractivity contribution in [3.05, 3.63) is 52.2 Å². The minimum Gasteiger partial charge on any atom is -0.369 e. The third-order valence-corrected chi connectivity index (χ3v) is 3.89. The molecule has 0 amide bonds. The summed E-state index contributed by atoms with van der Waals surface area (Å²) in [6.45, 7) is 2.82. The normalized spacial score (nSPS) is 19.1. The van der Waals surface area contributed by atoms with E-state index in [0.717, 1.165) is 12.2 Å². The Labute approximate surface area is 111 Å². The van der Waals surface area contributed by atoms with E-state index in [2.05, 4.69) is 57.9 Å². The number of anilines is 1. The molecular weight excluding hydrogens is 242 g/mol. The van der Waals surface area contributed by atoms with Crippen molar-refractivity contribution in [3.8, 4) is 0 Å². The second kappa shape index (κ2) is 4.46. The van der Waals surface area contributed by atoms with Crippen molar-refractivity contribution in [2.45, 2.75) is 13.0 Å². The second-order valence-electron chi connectivity index (χ2n) is 4.48. The van der Waals surface area contributed by atoms with Gasteiger partial charge in [-0.1, -0.05) is 12.1 Å². The van der Waals surface area contributed by atoms with Gasteiger partial charge in [0.15, 0.2) is 5.96 Å². The Kier molecular flexibility index (Phi) is 2.80. The summed E-state index contributed by atoms with van der Waals surface area (Å²) in [6, 6.07) is 10.8. The number of hydrogen-bond donors (Lipinski definition) is 1. The monoisotopic (exact) mass is 257 g/mol. The van der Waals surface area contributed by atoms with E-state index in [0.29, 0.717) is 5.96 Å². The minimum atomic E-state index is 0.234. The Morgan fingerprint density at radius 3 is 3.00 bits per heavy atom. The van der Waals surface area contributed by atoms with Crippen LogP contribution in [0.5, 0.6) is 0 Å². The van der Waals surface area contributed by atoms with Crippen LogP contribution in [-0.4, -0.2) is 12.5 Å². The third-order valence-electron chi connectivity index (χ3n) is 3.19. The van der Waals surface area contributed by atoms with Crippen LogP contribution in [0, 0.1) is 6.92 Å². The Hall–Kier alpha value is -1.81. The van der Waals surface area contributed by atoms with Gasteiger partial charge >= 0.3 is 0 Å². The summed E-state index contributed by atoms with van der Waals surface area (Å²) < 4.78 is 0. The van der Waals surface area contributed by atoms with Crippen LogP contribution in [0.3, 0.4) is 0 Å². The second-order valence-corrected chi connectivity index (χ2v) is 5.26. The Morgan fingerprint density at radius 1 is 1.39 bits per heavy atom. The van der Waals surface area contributed by atoms with E-state index in [1.807, 2.05) is 0 Å². The number of nitrogens with two attached hydrogens (primary N) is 1. The SMILES string of the molecule is Cc1cccc(N2C(N)=NCC2c2ccsc2)c1. The van der Waals surface area contributed by atoms with Crippen molar-refractivity contribution in [1.82, 2.24) is 0 Å². The average Bonchev–Trinajstić information content (AvgIpc) is 2.97. The standard InChI is InChI=1S/C14H15N3S/c1-10-3-2-4-12(7-10)17-13(8-16-14(17)15)11-5-6-18-9-11/h2-7,9,13H,8H2,1H3,(H2,15,16). The van der Waals surface area contributed by atoms with Gasteiger partial charge in [-0.25, -0.2) is 0 Å². The molecule has 0 radical (unpaired) electrons. The highest BCUT2D eigenvalue weighted by atomic mass is 32.1. The zero-order valence-corrected chi connectivity index (χ0v) is 11.0. The highest BCUT2D eigenvalue weighted by Gasteiger charge is 2.28. The molecule has 1 unspecified atom stereocenters. The van der Waals surface area contributed by atoms with Crippen molar-refractivity contribution < 1.29 is 0 Å². The Bertz CT molecular complexity index is 574. The van der Waals surface area contributed by atoms with Gasteiger partial charge in [0.1, 0.15) is 0 Å². The third kappa shape index (κ3) is 1.88. The van der Waals surface area contributed by atoms with E-state index in [4.69, 9.17) is 5.73 Å². The number of thiophene rings is 1. The molecule has 3 nitrogen and oxygen atoms in total. The fraction of sp³-hybridized carbons (Fsp3) is 0.214. The Balaban J connectivity index is 1.99. The molecule has 1 aliphatic heterocycles. The van der Waals surface area contributed by atoms with Gasteiger partial charge in [-0.2, -0.15) is 11.3 Å². The van der Waals surface area contributed by atoms with Crippen molar-refractivity contribution in [1.29, 1.82) is 0 Å². The molecule has 3 rings (SSSR count). The maximum atomic E-state index is 6.04. The van der Waals surface area contributed by atoms with E-state index >= 15 is 0 Å². The number of aryl methyl sites for hydroxylation is 1. The Morgan fingerprint density at radius 2 is 2.28 bits per heavy atom. The summed E-state index contributed by atoms with van der Waals surface area (Å²) in [5.74, 6) is 0.608. The number of guanidine groups is 1. The van der Waals surface area contributed by atoms with Crippen LogP contribution in [0.25, 0.3) is 0 Å². The molecule has 1 aromatic carbocycles. The van der Waals surface area contributed by atoms with Crippen molar-refractivity contribution in [2.75, 3.05) is 11.4 Å². The van der Waals surface area contributed by atoms with Gasteiger partial charge in [-0.15, -0.1) is 0 Å². The smallest absolute Gasteiger partial charge is 0.196 e. The molecule has 1 aliphatic rings. The van der Waals surface area contributed by atoms with Crippen molar-refractivity contribution in [2.24, 2.45) is 10.7 Å². The van der Waals surface area contributed by atoms with E-state index in [9.17, 15) is 0 Å². The predicted molar refractivity (Wildman–Crippen MR) is 77.2 cm³/mol. The molecule has 4 heteroatoms. The lowest BCUT2D eigenvalue weighted by atomic mass is 10.1. The fourth-order valence-corrected chi connectivity index (χ4v) is 3.01. The molecule has 0 bridgehead atoms. The van der Waals surface area contributed by atoms with Crippen LogP contribution in [0.2, 0.25) is 0 Å². The molecule has 0 aliphatic carbocycles. The molecule has 0 saturated heterocycles. The molecular formula is C14H15N3S. The van der Waals surface area contributed by atoms with E-state index in [-0.39, 0.29) is 6.04 Å². The highest BCUT2D eigenvalue weighted by Crippen LogP contribution is 2.32. The maximum Gasteiger partial charge on any atom is 0.196 e. The van der Waals surface area contributed by atoms with Gasteiger partial charge in [0.25, 0.3) is 0 Å². The highest BCUT2D eigenvalue weighted by molar-refractivity contribution is 7.08. The molecule has 0 spiro atoms. The maximum absolute atomic E-state index is 6.04. The summed E-state index contributed by atoms with van der Waals surface area (Å²) in [7, 11) is 0. The quantitative estimate of drug-likeness (QED) is 0.898. The fourth-order valence-electron chi connectivity index (χ4n) is 2.31. The van der Waals surface area contributed by atoms with Crippen LogP contribution in [0.4, 0.5) is 5.69 Å². The largest absolute Gasteiger partial charge is 0.369 e. The molecule has 2 N–H and O–H groups in total.